The van der Waals surface area contributed by atoms with Crippen molar-refractivity contribution >= 4 is 22.7 Å². The number of hydrogen-bond acceptors (Lipinski definition) is 7. The van der Waals surface area contributed by atoms with E-state index in [9.17, 15) is 0 Å². The Kier molecular flexibility index (Phi) is 3.03. The number of nitrogens with two attached hydrogens (primary N) is 1. The second-order valence-corrected chi connectivity index (χ2v) is 5.54. The zero-order valence-electron chi connectivity index (χ0n) is 12.9. The third-order valence-corrected chi connectivity index (χ3v) is 4.11. The Morgan fingerprint density at radius 3 is 3.09 bits per heavy atom. The summed E-state index contributed by atoms with van der Waals surface area (Å²) in [6, 6.07) is 3.88. The molecular weight excluding hydrogens is 294 g/mol. The highest BCUT2D eigenvalue weighted by Crippen LogP contribution is 2.37. The summed E-state index contributed by atoms with van der Waals surface area (Å²) >= 11 is 0. The lowest BCUT2D eigenvalue weighted by atomic mass is 10.1. The monoisotopic (exact) mass is 311 g/mol. The summed E-state index contributed by atoms with van der Waals surface area (Å²) in [4.78, 5) is 15.4. The lowest BCUT2D eigenvalue weighted by Crippen LogP contribution is -2.31. The Bertz CT molecular complexity index is 875. The number of aromatic nitrogens is 5. The van der Waals surface area contributed by atoms with Crippen LogP contribution in [0.4, 0.5) is 11.6 Å². The number of rotatable bonds is 2. The Balaban J connectivity index is 1.88. The van der Waals surface area contributed by atoms with Crippen molar-refractivity contribution in [2.24, 2.45) is 0 Å². The van der Waals surface area contributed by atoms with Gasteiger partial charge in [-0.05, 0) is 19.9 Å². The quantitative estimate of drug-likeness (QED) is 0.740. The van der Waals surface area contributed by atoms with Gasteiger partial charge < -0.3 is 15.4 Å². The van der Waals surface area contributed by atoms with Crippen molar-refractivity contribution in [3.63, 3.8) is 0 Å². The fourth-order valence-electron chi connectivity index (χ4n) is 2.98. The first kappa shape index (κ1) is 13.7. The predicted molar refractivity (Wildman–Crippen MR) is 86.3 cm³/mol. The maximum Gasteiger partial charge on any atom is 0.246 e. The van der Waals surface area contributed by atoms with Gasteiger partial charge in [-0.2, -0.15) is 0 Å². The average Bonchev–Trinajstić information content (AvgIpc) is 2.84. The van der Waals surface area contributed by atoms with E-state index in [0.29, 0.717) is 36.3 Å². The number of aromatic amines is 1. The molecule has 0 bridgehead atoms. The highest BCUT2D eigenvalue weighted by Gasteiger charge is 2.28. The van der Waals surface area contributed by atoms with Gasteiger partial charge in [-0.1, -0.05) is 6.07 Å². The maximum absolute atomic E-state index is 6.05. The van der Waals surface area contributed by atoms with Crippen LogP contribution in [0.25, 0.3) is 11.0 Å². The minimum atomic E-state index is 0.00523. The normalized spacial score (nSPS) is 15.3. The minimum Gasteiger partial charge on any atom is -0.474 e. The largest absolute Gasteiger partial charge is 0.474 e. The summed E-state index contributed by atoms with van der Waals surface area (Å²) in [7, 11) is 0. The van der Waals surface area contributed by atoms with Gasteiger partial charge in [0.2, 0.25) is 5.88 Å². The van der Waals surface area contributed by atoms with Crippen LogP contribution in [0.1, 0.15) is 24.4 Å². The molecule has 0 saturated heterocycles. The van der Waals surface area contributed by atoms with E-state index in [-0.39, 0.29) is 6.04 Å². The van der Waals surface area contributed by atoms with E-state index in [1.54, 1.807) is 6.20 Å². The molecule has 4 heterocycles. The van der Waals surface area contributed by atoms with Crippen LogP contribution in [0.3, 0.4) is 0 Å². The zero-order valence-corrected chi connectivity index (χ0v) is 12.9. The van der Waals surface area contributed by atoms with Gasteiger partial charge >= 0.3 is 0 Å². The molecule has 0 saturated carbocycles. The van der Waals surface area contributed by atoms with E-state index in [0.717, 1.165) is 16.8 Å². The molecule has 1 aliphatic rings. The number of H-pyrrole nitrogens is 1. The van der Waals surface area contributed by atoms with Crippen molar-refractivity contribution in [1.29, 1.82) is 0 Å². The van der Waals surface area contributed by atoms with E-state index >= 15 is 0 Å². The van der Waals surface area contributed by atoms with Gasteiger partial charge in [0.25, 0.3) is 0 Å². The van der Waals surface area contributed by atoms with Crippen molar-refractivity contribution in [2.75, 3.05) is 23.8 Å². The van der Waals surface area contributed by atoms with Crippen LogP contribution in [0.5, 0.6) is 5.88 Å². The number of ether oxygens (including phenoxy) is 1. The summed E-state index contributed by atoms with van der Waals surface area (Å²) in [5.41, 5.74) is 7.69. The highest BCUT2D eigenvalue weighted by atomic mass is 16.5. The molecule has 3 aromatic heterocycles. The highest BCUT2D eigenvalue weighted by molar-refractivity contribution is 5.92. The van der Waals surface area contributed by atoms with Gasteiger partial charge in [0.05, 0.1) is 12.6 Å². The number of nitrogens with zero attached hydrogens (tertiary/aromatic N) is 5. The summed E-state index contributed by atoms with van der Waals surface area (Å²) in [6.07, 6.45) is 1.69. The predicted octanol–water partition coefficient (Wildman–Crippen LogP) is 1.60. The molecule has 23 heavy (non-hydrogen) atoms. The van der Waals surface area contributed by atoms with Crippen LogP contribution in [-0.2, 0) is 0 Å². The fraction of sp³-hybridized carbons (Fsp3) is 0.333. The Morgan fingerprint density at radius 1 is 1.39 bits per heavy atom. The molecule has 1 aliphatic heterocycles. The van der Waals surface area contributed by atoms with Crippen LogP contribution < -0.4 is 15.4 Å². The molecule has 1 atom stereocenters. The van der Waals surface area contributed by atoms with E-state index in [1.807, 2.05) is 19.1 Å². The molecule has 0 fully saturated rings. The Hall–Kier alpha value is -2.90. The molecule has 8 heteroatoms. The molecule has 0 unspecified atom stereocenters. The molecule has 0 aromatic carbocycles. The molecule has 118 valence electrons. The first-order valence-electron chi connectivity index (χ1n) is 7.47. The van der Waals surface area contributed by atoms with Gasteiger partial charge in [0.15, 0.2) is 5.65 Å². The molecule has 0 amide bonds. The average molecular weight is 311 g/mol. The molecule has 3 N–H and O–H groups in total. The lowest BCUT2D eigenvalue weighted by molar-refractivity contribution is 0.315. The number of anilines is 2. The summed E-state index contributed by atoms with van der Waals surface area (Å²) in [5, 5.41) is 7.91. The Morgan fingerprint density at radius 2 is 2.26 bits per heavy atom. The van der Waals surface area contributed by atoms with Crippen molar-refractivity contribution < 1.29 is 4.74 Å². The molecule has 3 aromatic rings. The summed E-state index contributed by atoms with van der Waals surface area (Å²) < 4.78 is 5.74. The van der Waals surface area contributed by atoms with Crippen LogP contribution in [0, 0.1) is 6.92 Å². The van der Waals surface area contributed by atoms with Crippen LogP contribution >= 0.6 is 0 Å². The number of nitrogens with one attached hydrogen (secondary N) is 1. The molecule has 0 radical (unpaired) electrons. The summed E-state index contributed by atoms with van der Waals surface area (Å²) in [5.74, 6) is 2.56. The summed E-state index contributed by atoms with van der Waals surface area (Å²) in [6.45, 7) is 5.14. The standard InChI is InChI=1S/C15H17N7O/c1-8(10-4-3-5-17-12(10)16)22-6-7-23-15-11-13(20-21-15)18-9(2)19-14(11)22/h3-5,8H,6-7H2,1-2H3,(H2,16,17)(H,18,19,20,21)/t8-/m1/s1. The lowest BCUT2D eigenvalue weighted by Gasteiger charge is -2.30. The van der Waals surface area contributed by atoms with E-state index in [2.05, 4.69) is 37.0 Å². The van der Waals surface area contributed by atoms with Crippen molar-refractivity contribution in [3.05, 3.63) is 29.7 Å². The second-order valence-electron chi connectivity index (χ2n) is 5.54. The molecule has 0 aliphatic carbocycles. The number of pyridine rings is 1. The van der Waals surface area contributed by atoms with E-state index < -0.39 is 0 Å². The molecular formula is C15H17N7O. The van der Waals surface area contributed by atoms with Gasteiger partial charge in [0.1, 0.15) is 29.5 Å². The SMILES string of the molecule is Cc1nc2c3c(n[nH]c3n1)OCCN2[C@H](C)c1cccnc1N. The van der Waals surface area contributed by atoms with Crippen LogP contribution in [0.15, 0.2) is 18.3 Å². The topological polar surface area (TPSA) is 106 Å². The molecule has 8 nitrogen and oxygen atoms in total. The third-order valence-electron chi connectivity index (χ3n) is 4.11. The molecule has 4 rings (SSSR count). The van der Waals surface area contributed by atoms with Crippen molar-refractivity contribution in [3.8, 4) is 5.88 Å². The number of aryl methyl sites for hydroxylation is 1. The first-order chi connectivity index (χ1) is 11.1. The first-order valence-corrected chi connectivity index (χ1v) is 7.47. The number of nitrogen functional groups attached to an aromatic ring is 1. The maximum atomic E-state index is 6.05. The second kappa shape index (κ2) is 5.08. The van der Waals surface area contributed by atoms with E-state index in [1.165, 1.54) is 0 Å². The van der Waals surface area contributed by atoms with Gasteiger partial charge in [-0.25, -0.2) is 15.0 Å². The minimum absolute atomic E-state index is 0.00523. The van der Waals surface area contributed by atoms with E-state index in [4.69, 9.17) is 10.5 Å². The van der Waals surface area contributed by atoms with Crippen LogP contribution in [-0.4, -0.2) is 38.3 Å². The third kappa shape index (κ3) is 2.14. The number of hydrogen-bond donors (Lipinski definition) is 2. The smallest absolute Gasteiger partial charge is 0.246 e. The Labute approximate surface area is 132 Å². The van der Waals surface area contributed by atoms with Gasteiger partial charge in [0, 0.05) is 11.8 Å². The van der Waals surface area contributed by atoms with Gasteiger partial charge in [-0.3, -0.25) is 5.10 Å². The molecule has 0 spiro atoms. The van der Waals surface area contributed by atoms with Crippen LogP contribution in [0.2, 0.25) is 0 Å². The zero-order chi connectivity index (χ0) is 16.0. The van der Waals surface area contributed by atoms with Crippen molar-refractivity contribution in [2.45, 2.75) is 19.9 Å². The fourth-order valence-corrected chi connectivity index (χ4v) is 2.98. The van der Waals surface area contributed by atoms with Crippen molar-refractivity contribution in [1.82, 2.24) is 25.1 Å². The van der Waals surface area contributed by atoms with Gasteiger partial charge in [-0.15, -0.1) is 5.10 Å².